The quantitative estimate of drug-likeness (QED) is 0.859. The molecular weight excluding hydrogens is 247 g/mol. The third-order valence-corrected chi connectivity index (χ3v) is 3.68. The fourth-order valence-electron chi connectivity index (χ4n) is 2.81. The van der Waals surface area contributed by atoms with Crippen LogP contribution in [0.3, 0.4) is 0 Å². The SMILES string of the molecule is CC1(C)CC(O)(c2cc3cccc(F)c3o2)CCO1. The van der Waals surface area contributed by atoms with Crippen LogP contribution in [0.2, 0.25) is 0 Å². The highest BCUT2D eigenvalue weighted by atomic mass is 19.1. The number of para-hydroxylation sites is 1. The van der Waals surface area contributed by atoms with Crippen molar-refractivity contribution >= 4 is 11.0 Å². The van der Waals surface area contributed by atoms with Crippen molar-refractivity contribution < 1.29 is 18.7 Å². The van der Waals surface area contributed by atoms with E-state index in [1.807, 2.05) is 13.8 Å². The van der Waals surface area contributed by atoms with Gasteiger partial charge in [-0.3, -0.25) is 0 Å². The van der Waals surface area contributed by atoms with Gasteiger partial charge in [0.2, 0.25) is 0 Å². The third kappa shape index (κ3) is 2.15. The van der Waals surface area contributed by atoms with E-state index in [-0.39, 0.29) is 5.58 Å². The highest BCUT2D eigenvalue weighted by Crippen LogP contribution is 2.41. The van der Waals surface area contributed by atoms with Gasteiger partial charge in [0.05, 0.1) is 12.2 Å². The maximum Gasteiger partial charge on any atom is 0.170 e. The molecule has 0 aliphatic carbocycles. The lowest BCUT2D eigenvalue weighted by atomic mass is 9.82. The lowest BCUT2D eigenvalue weighted by Crippen LogP contribution is -2.43. The van der Waals surface area contributed by atoms with Crippen LogP contribution in [0.25, 0.3) is 11.0 Å². The normalized spacial score (nSPS) is 26.7. The molecule has 19 heavy (non-hydrogen) atoms. The van der Waals surface area contributed by atoms with E-state index < -0.39 is 17.0 Å². The van der Waals surface area contributed by atoms with Crippen LogP contribution in [0.5, 0.6) is 0 Å². The average Bonchev–Trinajstić information content (AvgIpc) is 2.73. The Morgan fingerprint density at radius 3 is 2.79 bits per heavy atom. The molecule has 0 radical (unpaired) electrons. The average molecular weight is 264 g/mol. The zero-order valence-electron chi connectivity index (χ0n) is 11.1. The van der Waals surface area contributed by atoms with Crippen LogP contribution in [-0.2, 0) is 10.3 Å². The molecule has 0 saturated carbocycles. The van der Waals surface area contributed by atoms with E-state index >= 15 is 0 Å². The van der Waals surface area contributed by atoms with Gasteiger partial charge in [-0.1, -0.05) is 12.1 Å². The van der Waals surface area contributed by atoms with E-state index in [2.05, 4.69) is 0 Å². The van der Waals surface area contributed by atoms with Crippen molar-refractivity contribution in [3.05, 3.63) is 35.8 Å². The Kier molecular flexibility index (Phi) is 2.69. The van der Waals surface area contributed by atoms with Crippen LogP contribution in [-0.4, -0.2) is 17.3 Å². The minimum absolute atomic E-state index is 0.204. The Balaban J connectivity index is 2.06. The van der Waals surface area contributed by atoms with Gasteiger partial charge < -0.3 is 14.3 Å². The summed E-state index contributed by atoms with van der Waals surface area (Å²) >= 11 is 0. The molecule has 1 saturated heterocycles. The summed E-state index contributed by atoms with van der Waals surface area (Å²) in [5, 5.41) is 11.4. The fraction of sp³-hybridized carbons (Fsp3) is 0.467. The Bertz CT molecular complexity index is 617. The van der Waals surface area contributed by atoms with Crippen LogP contribution in [0.1, 0.15) is 32.4 Å². The molecule has 1 fully saturated rings. The molecule has 1 atom stereocenters. The minimum atomic E-state index is -1.09. The van der Waals surface area contributed by atoms with E-state index in [0.717, 1.165) is 0 Å². The molecule has 0 spiro atoms. The number of furan rings is 1. The molecule has 1 aliphatic rings. The van der Waals surface area contributed by atoms with Crippen molar-refractivity contribution in [1.82, 2.24) is 0 Å². The summed E-state index contributed by atoms with van der Waals surface area (Å²) in [5.41, 5.74) is -1.30. The summed E-state index contributed by atoms with van der Waals surface area (Å²) in [7, 11) is 0. The van der Waals surface area contributed by atoms with Crippen molar-refractivity contribution in [3.63, 3.8) is 0 Å². The number of hydrogen-bond donors (Lipinski definition) is 1. The first-order valence-electron chi connectivity index (χ1n) is 6.45. The van der Waals surface area contributed by atoms with Crippen LogP contribution in [0.15, 0.2) is 28.7 Å². The minimum Gasteiger partial charge on any atom is -0.455 e. The molecule has 0 bridgehead atoms. The van der Waals surface area contributed by atoms with E-state index in [4.69, 9.17) is 9.15 Å². The molecule has 0 amide bonds. The van der Waals surface area contributed by atoms with Crippen molar-refractivity contribution in [3.8, 4) is 0 Å². The fourth-order valence-corrected chi connectivity index (χ4v) is 2.81. The van der Waals surface area contributed by atoms with Gasteiger partial charge in [-0.25, -0.2) is 4.39 Å². The van der Waals surface area contributed by atoms with Gasteiger partial charge in [0.15, 0.2) is 11.4 Å². The molecule has 1 aromatic carbocycles. The summed E-state index contributed by atoms with van der Waals surface area (Å²) in [6.45, 7) is 4.32. The lowest BCUT2D eigenvalue weighted by molar-refractivity contribution is -0.154. The molecule has 1 N–H and O–H groups in total. The molecule has 1 unspecified atom stereocenters. The summed E-state index contributed by atoms with van der Waals surface area (Å²) < 4.78 is 24.8. The topological polar surface area (TPSA) is 42.6 Å². The van der Waals surface area contributed by atoms with Crippen LogP contribution >= 0.6 is 0 Å². The Labute approximate surface area is 111 Å². The Hall–Kier alpha value is -1.39. The van der Waals surface area contributed by atoms with E-state index in [0.29, 0.717) is 30.6 Å². The van der Waals surface area contributed by atoms with Crippen molar-refractivity contribution in [1.29, 1.82) is 0 Å². The van der Waals surface area contributed by atoms with Gasteiger partial charge in [-0.05, 0) is 26.0 Å². The first-order chi connectivity index (χ1) is 8.90. The largest absolute Gasteiger partial charge is 0.455 e. The van der Waals surface area contributed by atoms with Gasteiger partial charge in [-0.2, -0.15) is 0 Å². The summed E-state index contributed by atoms with van der Waals surface area (Å²) in [5.74, 6) is 0.0163. The second kappa shape index (κ2) is 4.05. The smallest absolute Gasteiger partial charge is 0.170 e. The predicted octanol–water partition coefficient (Wildman–Crippen LogP) is 3.35. The summed E-state index contributed by atoms with van der Waals surface area (Å²) in [6.07, 6.45) is 0.888. The number of halogens is 1. The Morgan fingerprint density at radius 2 is 2.11 bits per heavy atom. The second-order valence-electron chi connectivity index (χ2n) is 5.84. The molecular formula is C15H17FO3. The van der Waals surface area contributed by atoms with Crippen molar-refractivity contribution in [2.24, 2.45) is 0 Å². The first kappa shape index (κ1) is 12.6. The molecule has 3 rings (SSSR count). The molecule has 2 heterocycles. The van der Waals surface area contributed by atoms with Crippen LogP contribution in [0, 0.1) is 5.82 Å². The maximum absolute atomic E-state index is 13.6. The van der Waals surface area contributed by atoms with Gasteiger partial charge >= 0.3 is 0 Å². The third-order valence-electron chi connectivity index (χ3n) is 3.68. The lowest BCUT2D eigenvalue weighted by Gasteiger charge is -2.40. The number of benzene rings is 1. The van der Waals surface area contributed by atoms with Crippen molar-refractivity contribution in [2.75, 3.05) is 6.61 Å². The van der Waals surface area contributed by atoms with Crippen LogP contribution in [0.4, 0.5) is 4.39 Å². The maximum atomic E-state index is 13.6. The standard InChI is InChI=1S/C15H17FO3/c1-14(2)9-15(17,6-7-18-14)12-8-10-4-3-5-11(16)13(10)19-12/h3-5,8,17H,6-7,9H2,1-2H3. The van der Waals surface area contributed by atoms with Crippen molar-refractivity contribution in [2.45, 2.75) is 37.9 Å². The first-order valence-corrected chi connectivity index (χ1v) is 6.45. The highest BCUT2D eigenvalue weighted by Gasteiger charge is 2.43. The molecule has 2 aromatic rings. The van der Waals surface area contributed by atoms with Crippen LogP contribution < -0.4 is 0 Å². The number of hydrogen-bond acceptors (Lipinski definition) is 3. The highest BCUT2D eigenvalue weighted by molar-refractivity contribution is 5.78. The number of rotatable bonds is 1. The van der Waals surface area contributed by atoms with Gasteiger partial charge in [0.1, 0.15) is 11.4 Å². The predicted molar refractivity (Wildman–Crippen MR) is 69.3 cm³/mol. The Morgan fingerprint density at radius 1 is 1.32 bits per heavy atom. The zero-order chi connectivity index (χ0) is 13.7. The van der Waals surface area contributed by atoms with Gasteiger partial charge in [0, 0.05) is 18.2 Å². The molecule has 1 aliphatic heterocycles. The monoisotopic (exact) mass is 264 g/mol. The summed E-state index contributed by atoms with van der Waals surface area (Å²) in [4.78, 5) is 0. The molecule has 1 aromatic heterocycles. The molecule has 3 nitrogen and oxygen atoms in total. The number of ether oxygens (including phenoxy) is 1. The summed E-state index contributed by atoms with van der Waals surface area (Å²) in [6, 6.07) is 6.49. The number of fused-ring (bicyclic) bond motifs is 1. The van der Waals surface area contributed by atoms with Gasteiger partial charge in [-0.15, -0.1) is 0 Å². The van der Waals surface area contributed by atoms with E-state index in [1.165, 1.54) is 6.07 Å². The number of aliphatic hydroxyl groups is 1. The van der Waals surface area contributed by atoms with E-state index in [1.54, 1.807) is 18.2 Å². The zero-order valence-corrected chi connectivity index (χ0v) is 11.1. The molecule has 102 valence electrons. The van der Waals surface area contributed by atoms with Gasteiger partial charge in [0.25, 0.3) is 0 Å². The second-order valence-corrected chi connectivity index (χ2v) is 5.84. The van der Waals surface area contributed by atoms with E-state index in [9.17, 15) is 9.50 Å². The molecule has 4 heteroatoms.